The lowest BCUT2D eigenvalue weighted by Crippen LogP contribution is -2.43. The van der Waals surface area contributed by atoms with E-state index in [1.54, 1.807) is 17.0 Å². The average Bonchev–Trinajstić information content (AvgIpc) is 2.66. The van der Waals surface area contributed by atoms with Gasteiger partial charge in [0.25, 0.3) is 0 Å². The summed E-state index contributed by atoms with van der Waals surface area (Å²) in [4.78, 5) is 13.6. The summed E-state index contributed by atoms with van der Waals surface area (Å²) in [6.07, 6.45) is 2.82. The predicted molar refractivity (Wildman–Crippen MR) is 97.6 cm³/mol. The third-order valence-corrected chi connectivity index (χ3v) is 6.78. The fourth-order valence-corrected chi connectivity index (χ4v) is 4.80. The normalized spacial score (nSPS) is 19.8. The highest BCUT2D eigenvalue weighted by Gasteiger charge is 2.33. The molecule has 26 heavy (non-hydrogen) atoms. The van der Waals surface area contributed by atoms with Crippen LogP contribution in [0.1, 0.15) is 31.7 Å². The molecule has 1 aromatic carbocycles. The molecule has 1 fully saturated rings. The van der Waals surface area contributed by atoms with Gasteiger partial charge in [-0.1, -0.05) is 0 Å². The Labute approximate surface area is 154 Å². The number of aliphatic hydroxyl groups is 1. The first kappa shape index (κ1) is 19.3. The summed E-state index contributed by atoms with van der Waals surface area (Å²) < 4.78 is 33.4. The van der Waals surface area contributed by atoms with Crippen molar-refractivity contribution in [1.29, 1.82) is 0 Å². The SMILES string of the molecule is CC(=O)N1CCCc2cc(S(=O)(=O)NCC3(CO)CCOCC3)ccc21. The first-order chi connectivity index (χ1) is 12.4. The molecule has 0 unspecified atom stereocenters. The number of hydrogen-bond donors (Lipinski definition) is 2. The van der Waals surface area contributed by atoms with Gasteiger partial charge in [0.05, 0.1) is 11.5 Å². The van der Waals surface area contributed by atoms with Crippen molar-refractivity contribution < 1.29 is 23.1 Å². The van der Waals surface area contributed by atoms with E-state index in [0.717, 1.165) is 24.1 Å². The summed E-state index contributed by atoms with van der Waals surface area (Å²) >= 11 is 0. The van der Waals surface area contributed by atoms with Gasteiger partial charge in [-0.2, -0.15) is 0 Å². The molecule has 2 N–H and O–H groups in total. The third-order valence-electron chi connectivity index (χ3n) is 5.39. The highest BCUT2D eigenvalue weighted by Crippen LogP contribution is 2.31. The molecule has 2 heterocycles. The van der Waals surface area contributed by atoms with E-state index in [-0.39, 0.29) is 24.0 Å². The number of anilines is 1. The van der Waals surface area contributed by atoms with Crippen molar-refractivity contribution in [3.05, 3.63) is 23.8 Å². The number of carbonyl (C=O) groups excluding carboxylic acids is 1. The number of nitrogens with one attached hydrogen (secondary N) is 1. The van der Waals surface area contributed by atoms with Crippen molar-refractivity contribution in [3.63, 3.8) is 0 Å². The smallest absolute Gasteiger partial charge is 0.240 e. The number of nitrogens with zero attached hydrogens (tertiary/aromatic N) is 1. The van der Waals surface area contributed by atoms with Gasteiger partial charge >= 0.3 is 0 Å². The van der Waals surface area contributed by atoms with Crippen LogP contribution in [-0.2, 0) is 26.0 Å². The second-order valence-electron chi connectivity index (χ2n) is 7.16. The van der Waals surface area contributed by atoms with Gasteiger partial charge in [-0.15, -0.1) is 0 Å². The van der Waals surface area contributed by atoms with Crippen molar-refractivity contribution in [2.45, 2.75) is 37.5 Å². The molecule has 0 aromatic heterocycles. The van der Waals surface area contributed by atoms with E-state index in [1.165, 1.54) is 13.0 Å². The van der Waals surface area contributed by atoms with Crippen LogP contribution in [0.3, 0.4) is 0 Å². The lowest BCUT2D eigenvalue weighted by atomic mass is 9.81. The van der Waals surface area contributed by atoms with E-state index in [0.29, 0.717) is 32.6 Å². The fourth-order valence-electron chi connectivity index (χ4n) is 3.59. The van der Waals surface area contributed by atoms with Gasteiger partial charge in [0.15, 0.2) is 0 Å². The Bertz CT molecular complexity index is 772. The third kappa shape index (κ3) is 3.93. The molecule has 2 aliphatic rings. The Morgan fingerprint density at radius 3 is 2.73 bits per heavy atom. The molecule has 0 aliphatic carbocycles. The lowest BCUT2D eigenvalue weighted by Gasteiger charge is -2.35. The Kier molecular flexibility index (Phi) is 5.67. The predicted octanol–water partition coefficient (Wildman–Crippen LogP) is 1.05. The van der Waals surface area contributed by atoms with E-state index in [9.17, 15) is 18.3 Å². The number of sulfonamides is 1. The maximum atomic E-state index is 12.7. The Balaban J connectivity index is 1.78. The van der Waals surface area contributed by atoms with Crippen molar-refractivity contribution in [1.82, 2.24) is 4.72 Å². The molecule has 0 saturated carbocycles. The van der Waals surface area contributed by atoms with Crippen molar-refractivity contribution in [2.75, 3.05) is 37.8 Å². The fraction of sp³-hybridized carbons (Fsp3) is 0.611. The van der Waals surface area contributed by atoms with Crippen LogP contribution < -0.4 is 9.62 Å². The van der Waals surface area contributed by atoms with E-state index in [4.69, 9.17) is 4.74 Å². The largest absolute Gasteiger partial charge is 0.396 e. The molecule has 0 radical (unpaired) electrons. The zero-order valence-corrected chi connectivity index (χ0v) is 15.8. The summed E-state index contributed by atoms with van der Waals surface area (Å²) in [5, 5.41) is 9.72. The molecule has 0 spiro atoms. The maximum Gasteiger partial charge on any atom is 0.240 e. The Hall–Kier alpha value is -1.48. The molecule has 0 bridgehead atoms. The molecular weight excluding hydrogens is 356 g/mol. The van der Waals surface area contributed by atoms with Crippen molar-refractivity contribution in [3.8, 4) is 0 Å². The minimum Gasteiger partial charge on any atom is -0.396 e. The van der Waals surface area contributed by atoms with Gasteiger partial charge in [-0.25, -0.2) is 13.1 Å². The number of hydrogen-bond acceptors (Lipinski definition) is 5. The van der Waals surface area contributed by atoms with Crippen LogP contribution in [0.5, 0.6) is 0 Å². The van der Waals surface area contributed by atoms with Gasteiger partial charge < -0.3 is 14.7 Å². The standard InChI is InChI=1S/C18H26N2O5S/c1-14(22)20-8-2-3-15-11-16(4-5-17(15)20)26(23,24)19-12-18(13-21)6-9-25-10-7-18/h4-5,11,19,21H,2-3,6-10,12-13H2,1H3. The first-order valence-corrected chi connectivity index (χ1v) is 10.4. The quantitative estimate of drug-likeness (QED) is 0.794. The van der Waals surface area contributed by atoms with Gasteiger partial charge in [-0.05, 0) is 49.4 Å². The second kappa shape index (κ2) is 7.64. The molecule has 1 amide bonds. The Morgan fingerprint density at radius 2 is 2.08 bits per heavy atom. The van der Waals surface area contributed by atoms with Crippen LogP contribution in [0.2, 0.25) is 0 Å². The van der Waals surface area contributed by atoms with E-state index in [2.05, 4.69) is 4.72 Å². The zero-order chi connectivity index (χ0) is 18.8. The minimum atomic E-state index is -3.68. The number of aliphatic hydroxyl groups excluding tert-OH is 1. The van der Waals surface area contributed by atoms with Crippen LogP contribution in [0, 0.1) is 5.41 Å². The summed E-state index contributed by atoms with van der Waals surface area (Å²) in [5.74, 6) is -0.0379. The second-order valence-corrected chi connectivity index (χ2v) is 8.93. The number of amides is 1. The zero-order valence-electron chi connectivity index (χ0n) is 15.0. The van der Waals surface area contributed by atoms with Crippen LogP contribution in [-0.4, -0.2) is 52.3 Å². The summed E-state index contributed by atoms with van der Waals surface area (Å²) in [6, 6.07) is 4.90. The minimum absolute atomic E-state index is 0.0379. The van der Waals surface area contributed by atoms with Gasteiger partial charge in [0.2, 0.25) is 15.9 Å². The molecule has 0 atom stereocenters. The number of carbonyl (C=O) groups is 1. The van der Waals surface area contributed by atoms with E-state index >= 15 is 0 Å². The van der Waals surface area contributed by atoms with Gasteiger partial charge in [0, 0.05) is 44.3 Å². The molecular formula is C18H26N2O5S. The van der Waals surface area contributed by atoms with Crippen molar-refractivity contribution in [2.24, 2.45) is 5.41 Å². The number of benzene rings is 1. The number of aryl methyl sites for hydroxylation is 1. The van der Waals surface area contributed by atoms with Gasteiger partial charge in [-0.3, -0.25) is 4.79 Å². The average molecular weight is 382 g/mol. The van der Waals surface area contributed by atoms with E-state index in [1.807, 2.05) is 0 Å². The Morgan fingerprint density at radius 1 is 1.35 bits per heavy atom. The molecule has 144 valence electrons. The maximum absolute atomic E-state index is 12.7. The van der Waals surface area contributed by atoms with Crippen LogP contribution in [0.4, 0.5) is 5.69 Å². The van der Waals surface area contributed by atoms with Crippen molar-refractivity contribution >= 4 is 21.6 Å². The van der Waals surface area contributed by atoms with Crippen LogP contribution >= 0.6 is 0 Å². The van der Waals surface area contributed by atoms with Crippen LogP contribution in [0.25, 0.3) is 0 Å². The lowest BCUT2D eigenvalue weighted by molar-refractivity contribution is -0.116. The number of fused-ring (bicyclic) bond motifs is 1. The highest BCUT2D eigenvalue weighted by atomic mass is 32.2. The highest BCUT2D eigenvalue weighted by molar-refractivity contribution is 7.89. The summed E-state index contributed by atoms with van der Waals surface area (Å²) in [5.41, 5.74) is 1.20. The van der Waals surface area contributed by atoms with E-state index < -0.39 is 15.4 Å². The van der Waals surface area contributed by atoms with Gasteiger partial charge in [0.1, 0.15) is 0 Å². The molecule has 1 aromatic rings. The summed E-state index contributed by atoms with van der Waals surface area (Å²) in [7, 11) is -3.68. The number of ether oxygens (including phenoxy) is 1. The first-order valence-electron chi connectivity index (χ1n) is 8.96. The summed E-state index contributed by atoms with van der Waals surface area (Å²) in [6.45, 7) is 3.35. The molecule has 2 aliphatic heterocycles. The topological polar surface area (TPSA) is 95.9 Å². The molecule has 3 rings (SSSR count). The molecule has 8 heteroatoms. The molecule has 7 nitrogen and oxygen atoms in total. The monoisotopic (exact) mass is 382 g/mol. The number of rotatable bonds is 5. The van der Waals surface area contributed by atoms with Crippen LogP contribution in [0.15, 0.2) is 23.1 Å². The molecule has 1 saturated heterocycles.